The van der Waals surface area contributed by atoms with Crippen molar-refractivity contribution in [3.8, 4) is 11.1 Å². The third-order valence-electron chi connectivity index (χ3n) is 6.97. The van der Waals surface area contributed by atoms with Crippen molar-refractivity contribution >= 4 is 11.8 Å². The largest absolute Gasteiger partial charge is 0.330 e. The van der Waals surface area contributed by atoms with Crippen molar-refractivity contribution in [3.05, 3.63) is 71.4 Å². The summed E-state index contributed by atoms with van der Waals surface area (Å²) in [5, 5.41) is 3.51. The van der Waals surface area contributed by atoms with Crippen LogP contribution >= 0.6 is 0 Å². The second kappa shape index (κ2) is 14.0. The van der Waals surface area contributed by atoms with Crippen molar-refractivity contribution < 1.29 is 9.59 Å². The molecule has 0 aliphatic carbocycles. The Hall–Kier alpha value is -2.92. The van der Waals surface area contributed by atoms with E-state index in [1.807, 2.05) is 0 Å². The third-order valence-corrected chi connectivity index (χ3v) is 6.97. The SMILES string of the molecule is CCCCCCN1C=C(C)C(=O)N(C)[C@@H](Cc2ccc(-c3cccc(CNCCCC)c3)cc2)C1=O. The van der Waals surface area contributed by atoms with Gasteiger partial charge in [-0.05, 0) is 54.6 Å². The van der Waals surface area contributed by atoms with Crippen LogP contribution in [0.2, 0.25) is 0 Å². The molecule has 0 bridgehead atoms. The second-order valence-electron chi connectivity index (χ2n) is 9.97. The number of unbranched alkanes of at least 4 members (excludes halogenated alkanes) is 4. The van der Waals surface area contributed by atoms with Gasteiger partial charge in [0.2, 0.25) is 5.91 Å². The smallest absolute Gasteiger partial charge is 0.251 e. The van der Waals surface area contributed by atoms with Crippen LogP contribution in [0.3, 0.4) is 0 Å². The lowest BCUT2D eigenvalue weighted by Gasteiger charge is -2.28. The van der Waals surface area contributed by atoms with Gasteiger partial charge >= 0.3 is 0 Å². The summed E-state index contributed by atoms with van der Waals surface area (Å²) in [5.74, 6) is -0.0723. The zero-order chi connectivity index (χ0) is 25.9. The van der Waals surface area contributed by atoms with E-state index in [1.54, 1.807) is 30.0 Å². The summed E-state index contributed by atoms with van der Waals surface area (Å²) in [6, 6.07) is 16.5. The quantitative estimate of drug-likeness (QED) is 0.354. The highest BCUT2D eigenvalue weighted by atomic mass is 16.2. The Morgan fingerprint density at radius 3 is 2.33 bits per heavy atom. The van der Waals surface area contributed by atoms with Gasteiger partial charge < -0.3 is 15.1 Å². The van der Waals surface area contributed by atoms with Crippen molar-refractivity contribution in [1.82, 2.24) is 15.1 Å². The number of benzene rings is 2. The maximum atomic E-state index is 13.4. The molecule has 0 saturated heterocycles. The molecule has 1 heterocycles. The van der Waals surface area contributed by atoms with Crippen molar-refractivity contribution in [2.24, 2.45) is 0 Å². The van der Waals surface area contributed by atoms with E-state index in [4.69, 9.17) is 0 Å². The van der Waals surface area contributed by atoms with E-state index < -0.39 is 6.04 Å². The van der Waals surface area contributed by atoms with Gasteiger partial charge in [-0.25, -0.2) is 0 Å². The summed E-state index contributed by atoms with van der Waals surface area (Å²) in [5.41, 5.74) is 5.29. The molecule has 1 atom stereocenters. The average Bonchev–Trinajstić information content (AvgIpc) is 2.97. The predicted octanol–water partition coefficient (Wildman–Crippen LogP) is 5.94. The van der Waals surface area contributed by atoms with Crippen LogP contribution in [0.25, 0.3) is 11.1 Å². The number of amides is 2. The fourth-order valence-corrected chi connectivity index (χ4v) is 4.69. The van der Waals surface area contributed by atoms with Gasteiger partial charge in [0.25, 0.3) is 5.91 Å². The molecular formula is C31H43N3O2. The molecule has 5 heteroatoms. The minimum absolute atomic E-state index is 0.00606. The Balaban J connectivity index is 1.69. The maximum absolute atomic E-state index is 13.4. The number of nitrogens with one attached hydrogen (secondary N) is 1. The van der Waals surface area contributed by atoms with E-state index >= 15 is 0 Å². The van der Waals surface area contributed by atoms with Gasteiger partial charge in [-0.3, -0.25) is 9.59 Å². The minimum atomic E-state index is -0.499. The molecule has 0 unspecified atom stereocenters. The molecule has 2 amide bonds. The number of hydrogen-bond acceptors (Lipinski definition) is 3. The van der Waals surface area contributed by atoms with Gasteiger partial charge in [-0.2, -0.15) is 0 Å². The monoisotopic (exact) mass is 489 g/mol. The van der Waals surface area contributed by atoms with Crippen molar-refractivity contribution in [2.75, 3.05) is 20.1 Å². The first-order valence-electron chi connectivity index (χ1n) is 13.6. The normalized spacial score (nSPS) is 16.3. The van der Waals surface area contributed by atoms with Gasteiger partial charge in [0.1, 0.15) is 6.04 Å². The molecule has 1 aliphatic rings. The van der Waals surface area contributed by atoms with Gasteiger partial charge in [0.05, 0.1) is 0 Å². The molecule has 194 valence electrons. The number of carbonyl (C=O) groups excluding carboxylic acids is 2. The van der Waals surface area contributed by atoms with Crippen molar-refractivity contribution in [2.45, 2.75) is 78.3 Å². The van der Waals surface area contributed by atoms with Crippen LogP contribution in [-0.4, -0.2) is 47.8 Å². The standard InChI is InChI=1S/C31H43N3O2/c1-5-7-9-10-19-34-23-24(3)30(35)33(4)29(31(34)36)21-25-14-16-27(17-15-25)28-13-11-12-26(20-28)22-32-18-8-6-2/h11-17,20,23,29,32H,5-10,18-19,21-22H2,1-4H3/t29-/m0/s1. The first-order valence-corrected chi connectivity index (χ1v) is 13.6. The molecule has 1 aliphatic heterocycles. The lowest BCUT2D eigenvalue weighted by Crippen LogP contribution is -2.47. The zero-order valence-electron chi connectivity index (χ0n) is 22.6. The van der Waals surface area contributed by atoms with Crippen LogP contribution in [0, 0.1) is 0 Å². The summed E-state index contributed by atoms with van der Waals surface area (Å²) in [4.78, 5) is 29.7. The van der Waals surface area contributed by atoms with Crippen LogP contribution in [0.15, 0.2) is 60.3 Å². The van der Waals surface area contributed by atoms with Crippen molar-refractivity contribution in [1.29, 1.82) is 0 Å². The van der Waals surface area contributed by atoms with Crippen LogP contribution in [0.1, 0.15) is 70.4 Å². The number of hydrogen-bond donors (Lipinski definition) is 1. The predicted molar refractivity (Wildman–Crippen MR) is 148 cm³/mol. The molecule has 1 N–H and O–H groups in total. The maximum Gasteiger partial charge on any atom is 0.251 e. The summed E-state index contributed by atoms with van der Waals surface area (Å²) in [7, 11) is 1.75. The minimum Gasteiger partial charge on any atom is -0.330 e. The number of likely N-dealkylation sites (N-methyl/N-ethyl adjacent to an activating group) is 1. The molecule has 0 spiro atoms. The van der Waals surface area contributed by atoms with E-state index in [0.717, 1.165) is 49.9 Å². The average molecular weight is 490 g/mol. The third kappa shape index (κ3) is 7.54. The fourth-order valence-electron chi connectivity index (χ4n) is 4.69. The first-order chi connectivity index (χ1) is 17.4. The summed E-state index contributed by atoms with van der Waals surface area (Å²) < 4.78 is 0. The fraction of sp³-hybridized carbons (Fsp3) is 0.484. The van der Waals surface area contributed by atoms with E-state index in [0.29, 0.717) is 18.5 Å². The molecule has 0 fully saturated rings. The highest BCUT2D eigenvalue weighted by molar-refractivity contribution is 5.99. The molecule has 0 saturated carbocycles. The Kier molecular flexibility index (Phi) is 10.7. The van der Waals surface area contributed by atoms with E-state index in [2.05, 4.69) is 67.7 Å². The van der Waals surface area contributed by atoms with Crippen LogP contribution in [0.5, 0.6) is 0 Å². The first kappa shape index (κ1) is 27.7. The van der Waals surface area contributed by atoms with E-state index in [1.165, 1.54) is 24.0 Å². The molecule has 2 aromatic carbocycles. The Labute approximate surface area is 217 Å². The molecule has 0 aromatic heterocycles. The number of carbonyl (C=O) groups is 2. The van der Waals surface area contributed by atoms with Crippen LogP contribution in [-0.2, 0) is 22.6 Å². The summed E-state index contributed by atoms with van der Waals surface area (Å²) >= 11 is 0. The zero-order valence-corrected chi connectivity index (χ0v) is 22.6. The van der Waals surface area contributed by atoms with Gasteiger partial charge in [0, 0.05) is 38.3 Å². The van der Waals surface area contributed by atoms with E-state index in [-0.39, 0.29) is 11.8 Å². The lowest BCUT2D eigenvalue weighted by molar-refractivity contribution is -0.139. The van der Waals surface area contributed by atoms with Crippen LogP contribution < -0.4 is 5.32 Å². The molecule has 2 aromatic rings. The Bertz CT molecular complexity index is 1030. The highest BCUT2D eigenvalue weighted by Gasteiger charge is 2.33. The molecule has 3 rings (SSSR count). The lowest BCUT2D eigenvalue weighted by atomic mass is 9.98. The van der Waals surface area contributed by atoms with Gasteiger partial charge in [0.15, 0.2) is 0 Å². The number of rotatable bonds is 13. The molecular weight excluding hydrogens is 446 g/mol. The Morgan fingerprint density at radius 1 is 0.861 bits per heavy atom. The molecule has 36 heavy (non-hydrogen) atoms. The highest BCUT2D eigenvalue weighted by Crippen LogP contribution is 2.23. The van der Waals surface area contributed by atoms with Gasteiger partial charge in [-0.15, -0.1) is 0 Å². The molecule has 5 nitrogen and oxygen atoms in total. The Morgan fingerprint density at radius 2 is 1.61 bits per heavy atom. The topological polar surface area (TPSA) is 52.7 Å². The van der Waals surface area contributed by atoms with E-state index in [9.17, 15) is 9.59 Å². The summed E-state index contributed by atoms with van der Waals surface area (Å²) in [6.45, 7) is 8.76. The molecule has 0 radical (unpaired) electrons. The second-order valence-corrected chi connectivity index (χ2v) is 9.97. The summed E-state index contributed by atoms with van der Waals surface area (Å²) in [6.07, 6.45) is 9.02. The van der Waals surface area contributed by atoms with Gasteiger partial charge in [-0.1, -0.05) is 82.0 Å². The van der Waals surface area contributed by atoms with Crippen molar-refractivity contribution in [3.63, 3.8) is 0 Å². The van der Waals surface area contributed by atoms with Crippen LogP contribution in [0.4, 0.5) is 0 Å². The number of nitrogens with zero attached hydrogens (tertiary/aromatic N) is 2.